The molecule has 29 heavy (non-hydrogen) atoms. The number of benzene rings is 1. The molecule has 0 radical (unpaired) electrons. The van der Waals surface area contributed by atoms with E-state index in [2.05, 4.69) is 24.3 Å². The quantitative estimate of drug-likeness (QED) is 0.500. The first-order valence-electron chi connectivity index (χ1n) is 9.44. The molecule has 0 aliphatic heterocycles. The number of nitrogens with zero attached hydrogens (tertiary/aromatic N) is 4. The Kier molecular flexibility index (Phi) is 7.03. The molecule has 10 heteroatoms. The summed E-state index contributed by atoms with van der Waals surface area (Å²) in [7, 11) is 0. The van der Waals surface area contributed by atoms with Crippen LogP contribution in [0.4, 0.5) is 11.5 Å². The molecule has 2 aromatic rings. The minimum absolute atomic E-state index is 0.0391. The number of nitro groups is 2. The first-order valence-corrected chi connectivity index (χ1v) is 9.44. The van der Waals surface area contributed by atoms with Crippen LogP contribution in [-0.2, 0) is 11.3 Å². The van der Waals surface area contributed by atoms with E-state index >= 15 is 0 Å². The Bertz CT molecular complexity index is 906. The fourth-order valence-electron chi connectivity index (χ4n) is 3.10. The number of aromatic nitrogens is 2. The van der Waals surface area contributed by atoms with Gasteiger partial charge in [0.1, 0.15) is 12.2 Å². The van der Waals surface area contributed by atoms with E-state index in [0.29, 0.717) is 12.3 Å². The Labute approximate surface area is 168 Å². The van der Waals surface area contributed by atoms with Crippen molar-refractivity contribution in [3.8, 4) is 0 Å². The second-order valence-corrected chi connectivity index (χ2v) is 6.93. The van der Waals surface area contributed by atoms with Crippen molar-refractivity contribution in [1.29, 1.82) is 0 Å². The van der Waals surface area contributed by atoms with Gasteiger partial charge in [-0.3, -0.25) is 14.9 Å². The Morgan fingerprint density at radius 3 is 2.14 bits per heavy atom. The van der Waals surface area contributed by atoms with Crippen molar-refractivity contribution in [1.82, 2.24) is 15.1 Å². The van der Waals surface area contributed by atoms with Gasteiger partial charge in [0, 0.05) is 0 Å². The van der Waals surface area contributed by atoms with Crippen molar-refractivity contribution in [3.05, 3.63) is 61.3 Å². The standard InChI is InChI=1S/C19H25N5O5/c1-5-12(3)14-7-9-15(10-8-14)16(6-2)20-17(25)11-22-13(4)18(23(26)27)19(21-22)24(28)29/h7-10,12,16H,5-6,11H2,1-4H3,(H,20,25). The molecule has 0 spiro atoms. The van der Waals surface area contributed by atoms with Crippen LogP contribution in [0.3, 0.4) is 0 Å². The number of nitrogens with one attached hydrogen (secondary N) is 1. The Morgan fingerprint density at radius 2 is 1.69 bits per heavy atom. The molecule has 0 bridgehead atoms. The van der Waals surface area contributed by atoms with E-state index in [9.17, 15) is 25.0 Å². The summed E-state index contributed by atoms with van der Waals surface area (Å²) in [5.74, 6) is -0.848. The third-order valence-electron chi connectivity index (χ3n) is 5.07. The third kappa shape index (κ3) is 4.95. The van der Waals surface area contributed by atoms with E-state index < -0.39 is 27.3 Å². The molecule has 1 aromatic carbocycles. The lowest BCUT2D eigenvalue weighted by Crippen LogP contribution is -2.32. The highest BCUT2D eigenvalue weighted by Crippen LogP contribution is 2.29. The number of hydrogen-bond donors (Lipinski definition) is 1. The van der Waals surface area contributed by atoms with Crippen molar-refractivity contribution in [3.63, 3.8) is 0 Å². The molecular weight excluding hydrogens is 378 g/mol. The first kappa shape index (κ1) is 22.0. The summed E-state index contributed by atoms with van der Waals surface area (Å²) in [4.78, 5) is 32.8. The van der Waals surface area contributed by atoms with E-state index in [0.717, 1.165) is 16.7 Å². The molecule has 0 aliphatic carbocycles. The van der Waals surface area contributed by atoms with Gasteiger partial charge in [-0.2, -0.15) is 4.68 Å². The molecule has 156 valence electrons. The summed E-state index contributed by atoms with van der Waals surface area (Å²) in [5, 5.41) is 28.6. The largest absolute Gasteiger partial charge is 0.468 e. The molecule has 1 aromatic heterocycles. The fraction of sp³-hybridized carbons (Fsp3) is 0.474. The summed E-state index contributed by atoms with van der Waals surface area (Å²) in [6.07, 6.45) is 1.68. The van der Waals surface area contributed by atoms with E-state index in [1.54, 1.807) is 0 Å². The van der Waals surface area contributed by atoms with Crippen LogP contribution in [0.25, 0.3) is 0 Å². The second-order valence-electron chi connectivity index (χ2n) is 6.93. The molecule has 2 rings (SSSR count). The SMILES string of the molecule is CCC(C)c1ccc(C(CC)NC(=O)Cn2nc([N+](=O)[O-])c([N+](=O)[O-])c2C)cc1. The zero-order chi connectivity index (χ0) is 21.7. The maximum atomic E-state index is 12.5. The topological polar surface area (TPSA) is 133 Å². The predicted octanol–water partition coefficient (Wildman–Crippen LogP) is 3.79. The van der Waals surface area contributed by atoms with Crippen LogP contribution in [0.5, 0.6) is 0 Å². The Morgan fingerprint density at radius 1 is 1.10 bits per heavy atom. The van der Waals surface area contributed by atoms with Crippen LogP contribution < -0.4 is 5.32 Å². The highest BCUT2D eigenvalue weighted by atomic mass is 16.6. The normalized spacial score (nSPS) is 13.0. The van der Waals surface area contributed by atoms with Crippen LogP contribution in [-0.4, -0.2) is 25.5 Å². The van der Waals surface area contributed by atoms with Crippen LogP contribution in [0.15, 0.2) is 24.3 Å². The Hall–Kier alpha value is -3.30. The average molecular weight is 403 g/mol. The molecule has 1 amide bonds. The number of rotatable bonds is 9. The average Bonchev–Trinajstić information content (AvgIpc) is 3.02. The zero-order valence-corrected chi connectivity index (χ0v) is 16.9. The number of carbonyl (C=O) groups is 1. The van der Waals surface area contributed by atoms with Gasteiger partial charge in [-0.05, 0) is 41.7 Å². The van der Waals surface area contributed by atoms with E-state index in [-0.39, 0.29) is 18.3 Å². The van der Waals surface area contributed by atoms with Gasteiger partial charge in [0.15, 0.2) is 0 Å². The van der Waals surface area contributed by atoms with Gasteiger partial charge < -0.3 is 15.4 Å². The van der Waals surface area contributed by atoms with Gasteiger partial charge in [-0.15, -0.1) is 0 Å². The van der Waals surface area contributed by atoms with Crippen molar-refractivity contribution >= 4 is 17.4 Å². The number of hydrogen-bond acceptors (Lipinski definition) is 6. The summed E-state index contributed by atoms with van der Waals surface area (Å²) < 4.78 is 0.990. The highest BCUT2D eigenvalue weighted by Gasteiger charge is 2.35. The lowest BCUT2D eigenvalue weighted by atomic mass is 9.95. The van der Waals surface area contributed by atoms with Crippen LogP contribution in [0.1, 0.15) is 62.4 Å². The van der Waals surface area contributed by atoms with E-state index in [4.69, 9.17) is 0 Å². The third-order valence-corrected chi connectivity index (χ3v) is 5.07. The summed E-state index contributed by atoms with van der Waals surface area (Å²) in [6.45, 7) is 7.19. The van der Waals surface area contributed by atoms with Crippen molar-refractivity contribution < 1.29 is 14.6 Å². The molecule has 2 unspecified atom stereocenters. The van der Waals surface area contributed by atoms with Gasteiger partial charge in [0.05, 0.1) is 16.1 Å². The van der Waals surface area contributed by atoms with Gasteiger partial charge in [-0.1, -0.05) is 45.0 Å². The second kappa shape index (κ2) is 9.26. The number of carbonyl (C=O) groups excluding carboxylic acids is 1. The van der Waals surface area contributed by atoms with Crippen LogP contribution in [0, 0.1) is 27.2 Å². The van der Waals surface area contributed by atoms with Gasteiger partial charge in [0.2, 0.25) is 5.91 Å². The molecule has 0 fully saturated rings. The van der Waals surface area contributed by atoms with Gasteiger partial charge >= 0.3 is 11.5 Å². The molecule has 0 saturated carbocycles. The van der Waals surface area contributed by atoms with Crippen molar-refractivity contribution in [2.24, 2.45) is 0 Å². The molecule has 1 heterocycles. The molecule has 1 N–H and O–H groups in total. The molecule has 10 nitrogen and oxygen atoms in total. The molecule has 2 atom stereocenters. The van der Waals surface area contributed by atoms with Gasteiger partial charge in [0.25, 0.3) is 0 Å². The Balaban J connectivity index is 2.16. The maximum Gasteiger partial charge on any atom is 0.468 e. The lowest BCUT2D eigenvalue weighted by molar-refractivity contribution is -0.424. The summed E-state index contributed by atoms with van der Waals surface area (Å²) in [5.41, 5.74) is 1.43. The van der Waals surface area contributed by atoms with E-state index in [1.165, 1.54) is 12.5 Å². The minimum Gasteiger partial charge on any atom is -0.358 e. The first-order chi connectivity index (χ1) is 13.7. The monoisotopic (exact) mass is 403 g/mol. The van der Waals surface area contributed by atoms with E-state index in [1.807, 2.05) is 31.2 Å². The number of amides is 1. The highest BCUT2D eigenvalue weighted by molar-refractivity contribution is 5.76. The van der Waals surface area contributed by atoms with Crippen molar-refractivity contribution in [2.75, 3.05) is 0 Å². The predicted molar refractivity (Wildman–Crippen MR) is 107 cm³/mol. The summed E-state index contributed by atoms with van der Waals surface area (Å²) in [6, 6.07) is 7.80. The zero-order valence-electron chi connectivity index (χ0n) is 16.9. The smallest absolute Gasteiger partial charge is 0.358 e. The summed E-state index contributed by atoms with van der Waals surface area (Å²) >= 11 is 0. The lowest BCUT2D eigenvalue weighted by Gasteiger charge is -2.18. The van der Waals surface area contributed by atoms with Crippen LogP contribution in [0.2, 0.25) is 0 Å². The van der Waals surface area contributed by atoms with Gasteiger partial charge in [-0.25, -0.2) is 0 Å². The molecular formula is C19H25N5O5. The van der Waals surface area contributed by atoms with Crippen molar-refractivity contribution in [2.45, 2.75) is 59.0 Å². The minimum atomic E-state index is -0.923. The molecule has 0 saturated heterocycles. The fourth-order valence-corrected chi connectivity index (χ4v) is 3.10. The molecule has 0 aliphatic rings. The van der Waals surface area contributed by atoms with Crippen LogP contribution >= 0.6 is 0 Å². The maximum absolute atomic E-state index is 12.5.